The molecule has 0 aliphatic heterocycles. The van der Waals surface area contributed by atoms with Crippen LogP contribution in [0.15, 0.2) is 27.6 Å². The van der Waals surface area contributed by atoms with Crippen LogP contribution in [0.5, 0.6) is 0 Å². The van der Waals surface area contributed by atoms with Gasteiger partial charge in [0.25, 0.3) is 0 Å². The largest absolute Gasteiger partial charge is 0.399 e. The maximum absolute atomic E-state index is 12.2. The molecule has 112 valence electrons. The van der Waals surface area contributed by atoms with Crippen molar-refractivity contribution < 1.29 is 8.42 Å². The summed E-state index contributed by atoms with van der Waals surface area (Å²) >= 11 is 3.25. The van der Waals surface area contributed by atoms with Crippen molar-refractivity contribution in [3.05, 3.63) is 22.7 Å². The SMILES string of the molecule is Nc1ccc(Br)c(S(=O)(=O)NCCCC2CCCC2)c1. The Balaban J connectivity index is 1.88. The fourth-order valence-electron chi connectivity index (χ4n) is 2.70. The van der Waals surface area contributed by atoms with Crippen molar-refractivity contribution in [1.82, 2.24) is 4.72 Å². The molecule has 0 atom stereocenters. The van der Waals surface area contributed by atoms with Crippen LogP contribution >= 0.6 is 15.9 Å². The fraction of sp³-hybridized carbons (Fsp3) is 0.571. The second-order valence-corrected chi connectivity index (χ2v) is 7.97. The number of nitrogen functional groups attached to an aromatic ring is 1. The number of hydrogen-bond donors (Lipinski definition) is 2. The van der Waals surface area contributed by atoms with Crippen molar-refractivity contribution in [2.45, 2.75) is 43.4 Å². The van der Waals surface area contributed by atoms with Gasteiger partial charge < -0.3 is 5.73 Å². The Hall–Kier alpha value is -0.590. The normalized spacial score (nSPS) is 16.6. The Bertz CT molecular complexity index is 554. The summed E-state index contributed by atoms with van der Waals surface area (Å²) in [6.07, 6.45) is 7.25. The Morgan fingerprint density at radius 2 is 2.00 bits per heavy atom. The zero-order chi connectivity index (χ0) is 14.6. The van der Waals surface area contributed by atoms with Gasteiger partial charge in [-0.05, 0) is 52.9 Å². The van der Waals surface area contributed by atoms with Gasteiger partial charge in [-0.15, -0.1) is 0 Å². The maximum atomic E-state index is 12.2. The summed E-state index contributed by atoms with van der Waals surface area (Å²) in [6, 6.07) is 4.80. The molecule has 1 fully saturated rings. The van der Waals surface area contributed by atoms with Gasteiger partial charge in [-0.2, -0.15) is 0 Å². The summed E-state index contributed by atoms with van der Waals surface area (Å²) in [5.74, 6) is 0.790. The van der Waals surface area contributed by atoms with E-state index in [4.69, 9.17) is 5.73 Å². The van der Waals surface area contributed by atoms with Crippen LogP contribution in [0.1, 0.15) is 38.5 Å². The molecule has 0 saturated heterocycles. The first-order chi connectivity index (χ1) is 9.49. The maximum Gasteiger partial charge on any atom is 0.241 e. The minimum Gasteiger partial charge on any atom is -0.399 e. The van der Waals surface area contributed by atoms with Gasteiger partial charge >= 0.3 is 0 Å². The Morgan fingerprint density at radius 1 is 1.30 bits per heavy atom. The van der Waals surface area contributed by atoms with E-state index in [1.54, 1.807) is 12.1 Å². The summed E-state index contributed by atoms with van der Waals surface area (Å²) < 4.78 is 27.6. The summed E-state index contributed by atoms with van der Waals surface area (Å²) in [5.41, 5.74) is 6.09. The molecular weight excluding hydrogens is 340 g/mol. The third-order valence-electron chi connectivity index (χ3n) is 3.80. The first-order valence-electron chi connectivity index (χ1n) is 7.04. The van der Waals surface area contributed by atoms with Crippen LogP contribution in [0, 0.1) is 5.92 Å². The van der Waals surface area contributed by atoms with Crippen LogP contribution < -0.4 is 10.5 Å². The number of rotatable bonds is 6. The van der Waals surface area contributed by atoms with E-state index in [-0.39, 0.29) is 4.90 Å². The van der Waals surface area contributed by atoms with Crippen molar-refractivity contribution in [1.29, 1.82) is 0 Å². The first-order valence-corrected chi connectivity index (χ1v) is 9.31. The molecule has 20 heavy (non-hydrogen) atoms. The third-order valence-corrected chi connectivity index (χ3v) is 6.26. The highest BCUT2D eigenvalue weighted by atomic mass is 79.9. The molecular formula is C14H21BrN2O2S. The minimum atomic E-state index is -3.49. The number of sulfonamides is 1. The number of halogens is 1. The molecule has 0 radical (unpaired) electrons. The van der Waals surface area contributed by atoms with Crippen molar-refractivity contribution >= 4 is 31.6 Å². The van der Waals surface area contributed by atoms with Crippen LogP contribution in [0.25, 0.3) is 0 Å². The van der Waals surface area contributed by atoms with E-state index in [2.05, 4.69) is 20.7 Å². The van der Waals surface area contributed by atoms with Crippen LogP contribution in [0.2, 0.25) is 0 Å². The fourth-order valence-corrected chi connectivity index (χ4v) is 4.77. The molecule has 1 aromatic carbocycles. The standard InChI is InChI=1S/C14H21BrN2O2S/c15-13-8-7-12(16)10-14(13)20(18,19)17-9-3-6-11-4-1-2-5-11/h7-8,10-11,17H,1-6,9,16H2. The van der Waals surface area contributed by atoms with Crippen molar-refractivity contribution in [3.63, 3.8) is 0 Å². The van der Waals surface area contributed by atoms with Gasteiger partial charge in [0, 0.05) is 16.7 Å². The topological polar surface area (TPSA) is 72.2 Å². The van der Waals surface area contributed by atoms with Crippen LogP contribution in [-0.2, 0) is 10.0 Å². The van der Waals surface area contributed by atoms with Crippen LogP contribution in [0.3, 0.4) is 0 Å². The number of hydrogen-bond acceptors (Lipinski definition) is 3. The molecule has 1 aromatic rings. The van der Waals surface area contributed by atoms with E-state index in [1.165, 1.54) is 31.7 Å². The number of anilines is 1. The monoisotopic (exact) mass is 360 g/mol. The van der Waals surface area contributed by atoms with Crippen LogP contribution in [0.4, 0.5) is 5.69 Å². The average molecular weight is 361 g/mol. The van der Waals surface area contributed by atoms with E-state index in [0.717, 1.165) is 18.8 Å². The smallest absolute Gasteiger partial charge is 0.241 e. The van der Waals surface area contributed by atoms with E-state index in [0.29, 0.717) is 16.7 Å². The molecule has 0 unspecified atom stereocenters. The highest BCUT2D eigenvalue weighted by molar-refractivity contribution is 9.10. The molecule has 0 bridgehead atoms. The summed E-state index contributed by atoms with van der Waals surface area (Å²) in [5, 5.41) is 0. The van der Waals surface area contributed by atoms with Gasteiger partial charge in [-0.25, -0.2) is 13.1 Å². The molecule has 0 aromatic heterocycles. The lowest BCUT2D eigenvalue weighted by Gasteiger charge is -2.11. The Kier molecular flexibility index (Phi) is 5.46. The van der Waals surface area contributed by atoms with Crippen molar-refractivity contribution in [2.24, 2.45) is 5.92 Å². The first kappa shape index (κ1) is 15.8. The van der Waals surface area contributed by atoms with E-state index in [1.807, 2.05) is 0 Å². The summed E-state index contributed by atoms with van der Waals surface area (Å²) in [6.45, 7) is 0.486. The van der Waals surface area contributed by atoms with Gasteiger partial charge in [0.1, 0.15) is 0 Å². The molecule has 1 aliphatic carbocycles. The molecule has 0 amide bonds. The molecule has 6 heteroatoms. The third kappa shape index (κ3) is 4.20. The predicted molar refractivity (Wildman–Crippen MR) is 84.9 cm³/mol. The number of benzene rings is 1. The van der Waals surface area contributed by atoms with E-state index >= 15 is 0 Å². The molecule has 0 heterocycles. The molecule has 4 nitrogen and oxygen atoms in total. The Morgan fingerprint density at radius 3 is 2.70 bits per heavy atom. The van der Waals surface area contributed by atoms with E-state index < -0.39 is 10.0 Å². The van der Waals surface area contributed by atoms with Crippen LogP contribution in [-0.4, -0.2) is 15.0 Å². The van der Waals surface area contributed by atoms with Crippen molar-refractivity contribution in [2.75, 3.05) is 12.3 Å². The van der Waals surface area contributed by atoms with Gasteiger partial charge in [0.2, 0.25) is 10.0 Å². The lowest BCUT2D eigenvalue weighted by Crippen LogP contribution is -2.25. The highest BCUT2D eigenvalue weighted by Gasteiger charge is 2.18. The van der Waals surface area contributed by atoms with Gasteiger partial charge in [-0.3, -0.25) is 0 Å². The van der Waals surface area contributed by atoms with E-state index in [9.17, 15) is 8.42 Å². The van der Waals surface area contributed by atoms with Gasteiger partial charge in [0.05, 0.1) is 4.90 Å². The zero-order valence-electron chi connectivity index (χ0n) is 11.4. The van der Waals surface area contributed by atoms with Crippen molar-refractivity contribution in [3.8, 4) is 0 Å². The lowest BCUT2D eigenvalue weighted by atomic mass is 10.0. The molecule has 2 rings (SSSR count). The number of nitrogens with two attached hydrogens (primary N) is 1. The second kappa shape index (κ2) is 6.91. The second-order valence-electron chi connectivity index (χ2n) is 5.38. The molecule has 1 aliphatic rings. The number of nitrogens with one attached hydrogen (secondary N) is 1. The molecule has 0 spiro atoms. The van der Waals surface area contributed by atoms with Gasteiger partial charge in [-0.1, -0.05) is 25.7 Å². The lowest BCUT2D eigenvalue weighted by molar-refractivity contribution is 0.480. The molecule has 1 saturated carbocycles. The highest BCUT2D eigenvalue weighted by Crippen LogP contribution is 2.28. The quantitative estimate of drug-likeness (QED) is 0.603. The zero-order valence-corrected chi connectivity index (χ0v) is 13.8. The predicted octanol–water partition coefficient (Wildman–Crippen LogP) is 3.28. The average Bonchev–Trinajstić information content (AvgIpc) is 2.90. The summed E-state index contributed by atoms with van der Waals surface area (Å²) in [4.78, 5) is 0.207. The minimum absolute atomic E-state index is 0.207. The van der Waals surface area contributed by atoms with Gasteiger partial charge in [0.15, 0.2) is 0 Å². The Labute approximate surface area is 129 Å². The summed E-state index contributed by atoms with van der Waals surface area (Å²) in [7, 11) is -3.49. The molecule has 3 N–H and O–H groups in total.